The molecule has 0 saturated heterocycles. The molecule has 0 N–H and O–H groups in total. The molecule has 0 bridgehead atoms. The zero-order valence-corrected chi connectivity index (χ0v) is 17.9. The number of ether oxygens (including phenoxy) is 2. The first-order valence-corrected chi connectivity index (χ1v) is 10.4. The Balaban J connectivity index is 3.08. The van der Waals surface area contributed by atoms with Gasteiger partial charge in [0.05, 0.1) is 19.5 Å². The summed E-state index contributed by atoms with van der Waals surface area (Å²) in [5.41, 5.74) is 0.613. The van der Waals surface area contributed by atoms with Gasteiger partial charge in [0.2, 0.25) is 5.91 Å². The van der Waals surface area contributed by atoms with Gasteiger partial charge in [0.1, 0.15) is 0 Å². The molecule has 0 unspecified atom stereocenters. The van der Waals surface area contributed by atoms with E-state index in [0.29, 0.717) is 31.9 Å². The summed E-state index contributed by atoms with van der Waals surface area (Å²) in [5, 5.41) is 0. The molecular formula is C19H31NO6S. The van der Waals surface area contributed by atoms with Gasteiger partial charge in [-0.25, -0.2) is 0 Å². The van der Waals surface area contributed by atoms with E-state index in [2.05, 4.69) is 0 Å². The summed E-state index contributed by atoms with van der Waals surface area (Å²) in [4.78, 5) is 14.4. The summed E-state index contributed by atoms with van der Waals surface area (Å²) in [7, 11) is -0.658. The van der Waals surface area contributed by atoms with Crippen molar-refractivity contribution in [3.05, 3.63) is 23.8 Å². The van der Waals surface area contributed by atoms with Gasteiger partial charge >= 0.3 is 10.1 Å². The van der Waals surface area contributed by atoms with Crippen molar-refractivity contribution in [1.29, 1.82) is 0 Å². The lowest BCUT2D eigenvalue weighted by Crippen LogP contribution is -2.35. The molecule has 1 amide bonds. The Labute approximate surface area is 162 Å². The highest BCUT2D eigenvalue weighted by atomic mass is 32.2. The average Bonchev–Trinajstić information content (AvgIpc) is 2.57. The minimum atomic E-state index is -3.69. The van der Waals surface area contributed by atoms with E-state index < -0.39 is 10.1 Å². The van der Waals surface area contributed by atoms with Gasteiger partial charge in [0, 0.05) is 26.6 Å². The Morgan fingerprint density at radius 1 is 1.15 bits per heavy atom. The molecule has 0 fully saturated rings. The Morgan fingerprint density at radius 2 is 1.81 bits per heavy atom. The molecule has 0 saturated carbocycles. The van der Waals surface area contributed by atoms with Crippen molar-refractivity contribution in [2.75, 3.05) is 33.1 Å². The van der Waals surface area contributed by atoms with Gasteiger partial charge in [-0.2, -0.15) is 8.42 Å². The van der Waals surface area contributed by atoms with Crippen LogP contribution >= 0.6 is 0 Å². The summed E-state index contributed by atoms with van der Waals surface area (Å²) in [6.45, 7) is 8.71. The van der Waals surface area contributed by atoms with Gasteiger partial charge in [0.25, 0.3) is 0 Å². The molecule has 0 aliphatic carbocycles. The maximum atomic E-state index is 12.7. The van der Waals surface area contributed by atoms with Crippen LogP contribution in [-0.2, 0) is 26.2 Å². The van der Waals surface area contributed by atoms with Gasteiger partial charge < -0.3 is 18.6 Å². The molecule has 1 aromatic rings. The van der Waals surface area contributed by atoms with Crippen LogP contribution in [0.3, 0.4) is 0 Å². The second-order valence-electron chi connectivity index (χ2n) is 7.46. The van der Waals surface area contributed by atoms with Gasteiger partial charge in [-0.1, -0.05) is 26.8 Å². The van der Waals surface area contributed by atoms with Gasteiger partial charge in [-0.05, 0) is 30.0 Å². The molecule has 0 aliphatic rings. The minimum absolute atomic E-state index is 0.0130. The van der Waals surface area contributed by atoms with Gasteiger partial charge in [0.15, 0.2) is 11.5 Å². The standard InChI is InChI=1S/C19H31NO6S/c1-7-27(22,23)26-17-12-15(8-9-16(17)25-6)14-20(10-11-24-5)18(21)13-19(2,3)4/h8-9,12H,7,10-11,13-14H2,1-6H3. The van der Waals surface area contributed by atoms with Gasteiger partial charge in [-0.3, -0.25) is 4.79 Å². The first-order valence-electron chi connectivity index (χ1n) is 8.87. The lowest BCUT2D eigenvalue weighted by molar-refractivity contribution is -0.134. The van der Waals surface area contributed by atoms with Crippen LogP contribution in [0.15, 0.2) is 18.2 Å². The average molecular weight is 402 g/mol. The number of nitrogens with zero attached hydrogens (tertiary/aromatic N) is 1. The summed E-state index contributed by atoms with van der Waals surface area (Å²) in [6.07, 6.45) is 0.403. The smallest absolute Gasteiger partial charge is 0.309 e. The van der Waals surface area contributed by atoms with Crippen LogP contribution in [0.4, 0.5) is 0 Å². The third-order valence-corrected chi connectivity index (χ3v) is 4.91. The largest absolute Gasteiger partial charge is 0.493 e. The summed E-state index contributed by atoms with van der Waals surface area (Å²) < 4.78 is 39.1. The van der Waals surface area contributed by atoms with Crippen molar-refractivity contribution in [2.24, 2.45) is 5.41 Å². The molecule has 0 aliphatic heterocycles. The Bertz CT molecular complexity index is 724. The molecule has 1 aromatic carbocycles. The lowest BCUT2D eigenvalue weighted by Gasteiger charge is -2.27. The third-order valence-electron chi connectivity index (χ3n) is 3.77. The van der Waals surface area contributed by atoms with E-state index in [-0.39, 0.29) is 22.8 Å². The molecule has 154 valence electrons. The van der Waals surface area contributed by atoms with Crippen molar-refractivity contribution in [2.45, 2.75) is 40.7 Å². The fourth-order valence-corrected chi connectivity index (χ4v) is 2.88. The number of methoxy groups -OCH3 is 2. The van der Waals surface area contributed by atoms with Crippen molar-refractivity contribution >= 4 is 16.0 Å². The van der Waals surface area contributed by atoms with Crippen LogP contribution in [0.2, 0.25) is 0 Å². The SMILES string of the molecule is CCS(=O)(=O)Oc1cc(CN(CCOC)C(=O)CC(C)(C)C)ccc1OC. The molecule has 0 atom stereocenters. The van der Waals surface area contributed by atoms with Crippen molar-refractivity contribution in [3.8, 4) is 11.5 Å². The van der Waals surface area contributed by atoms with Crippen LogP contribution < -0.4 is 8.92 Å². The monoisotopic (exact) mass is 401 g/mol. The fourth-order valence-electron chi connectivity index (χ4n) is 2.36. The van der Waals surface area contributed by atoms with Gasteiger partial charge in [-0.15, -0.1) is 0 Å². The van der Waals surface area contributed by atoms with Crippen molar-refractivity contribution in [3.63, 3.8) is 0 Å². The summed E-state index contributed by atoms with van der Waals surface area (Å²) in [5.74, 6) is 0.302. The predicted molar refractivity (Wildman–Crippen MR) is 104 cm³/mol. The van der Waals surface area contributed by atoms with E-state index in [1.807, 2.05) is 20.8 Å². The zero-order chi connectivity index (χ0) is 20.7. The molecule has 0 radical (unpaired) electrons. The number of hydrogen-bond donors (Lipinski definition) is 0. The second kappa shape index (κ2) is 9.94. The molecule has 27 heavy (non-hydrogen) atoms. The molecule has 7 nitrogen and oxygen atoms in total. The molecular weight excluding hydrogens is 370 g/mol. The molecule has 1 rings (SSSR count). The van der Waals surface area contributed by atoms with E-state index in [0.717, 1.165) is 5.56 Å². The lowest BCUT2D eigenvalue weighted by atomic mass is 9.91. The van der Waals surface area contributed by atoms with E-state index in [1.54, 1.807) is 30.2 Å². The highest BCUT2D eigenvalue weighted by molar-refractivity contribution is 7.87. The molecule has 0 spiro atoms. The zero-order valence-electron chi connectivity index (χ0n) is 17.1. The van der Waals surface area contributed by atoms with E-state index in [9.17, 15) is 13.2 Å². The second-order valence-corrected chi connectivity index (χ2v) is 9.32. The van der Waals surface area contributed by atoms with E-state index >= 15 is 0 Å². The Morgan fingerprint density at radius 3 is 2.33 bits per heavy atom. The highest BCUT2D eigenvalue weighted by Crippen LogP contribution is 2.30. The first-order chi connectivity index (χ1) is 12.5. The van der Waals surface area contributed by atoms with Crippen LogP contribution in [-0.4, -0.2) is 52.3 Å². The number of carbonyl (C=O) groups excluding carboxylic acids is 1. The predicted octanol–water partition coefficient (Wildman–Crippen LogP) is 2.83. The summed E-state index contributed by atoms with van der Waals surface area (Å²) >= 11 is 0. The fraction of sp³-hybridized carbons (Fsp3) is 0.632. The Kier molecular flexibility index (Phi) is 8.56. The third kappa shape index (κ3) is 8.17. The maximum Gasteiger partial charge on any atom is 0.309 e. The number of benzene rings is 1. The topological polar surface area (TPSA) is 82.1 Å². The van der Waals surface area contributed by atoms with Crippen LogP contribution in [0.1, 0.15) is 39.7 Å². The number of hydrogen-bond acceptors (Lipinski definition) is 6. The first kappa shape index (κ1) is 23.2. The Hall–Kier alpha value is -1.80. The molecule has 0 aromatic heterocycles. The number of amides is 1. The molecule has 8 heteroatoms. The van der Waals surface area contributed by atoms with Crippen molar-refractivity contribution < 1.29 is 26.9 Å². The van der Waals surface area contributed by atoms with Crippen LogP contribution in [0, 0.1) is 5.41 Å². The van der Waals surface area contributed by atoms with Crippen LogP contribution in [0.25, 0.3) is 0 Å². The number of rotatable bonds is 10. The maximum absolute atomic E-state index is 12.7. The highest BCUT2D eigenvalue weighted by Gasteiger charge is 2.22. The quantitative estimate of drug-likeness (QED) is 0.561. The summed E-state index contributed by atoms with van der Waals surface area (Å²) in [6, 6.07) is 5.02. The molecule has 0 heterocycles. The number of carbonyl (C=O) groups is 1. The van der Waals surface area contributed by atoms with E-state index in [4.69, 9.17) is 13.7 Å². The minimum Gasteiger partial charge on any atom is -0.493 e. The van der Waals surface area contributed by atoms with Crippen LogP contribution in [0.5, 0.6) is 11.5 Å². The normalized spacial score (nSPS) is 11.9. The van der Waals surface area contributed by atoms with Crippen molar-refractivity contribution in [1.82, 2.24) is 4.90 Å². The van der Waals surface area contributed by atoms with E-state index in [1.165, 1.54) is 14.0 Å².